The summed E-state index contributed by atoms with van der Waals surface area (Å²) in [6.07, 6.45) is 6.28. The molecule has 2 atom stereocenters. The van der Waals surface area contributed by atoms with Gasteiger partial charge in [-0.3, -0.25) is 23.9 Å². The number of aromatic nitrogens is 5. The number of benzene rings is 2. The van der Waals surface area contributed by atoms with Crippen LogP contribution >= 0.6 is 23.2 Å². The van der Waals surface area contributed by atoms with E-state index >= 15 is 0 Å². The van der Waals surface area contributed by atoms with E-state index < -0.39 is 6.04 Å². The predicted octanol–water partition coefficient (Wildman–Crippen LogP) is 3.38. The molecule has 0 aliphatic carbocycles. The molecule has 4 aromatic rings. The Morgan fingerprint density at radius 2 is 1.83 bits per heavy atom. The Kier molecular flexibility index (Phi) is 8.05. The van der Waals surface area contributed by atoms with Crippen molar-refractivity contribution >= 4 is 40.7 Å². The van der Waals surface area contributed by atoms with Crippen LogP contribution < -0.4 is 21.1 Å². The molecule has 1 fully saturated rings. The summed E-state index contributed by atoms with van der Waals surface area (Å²) in [4.78, 5) is 45.9. The zero-order chi connectivity index (χ0) is 29.2. The molecule has 1 saturated heterocycles. The molecular formula is C29H28Cl2N8O3. The molecule has 4 heterocycles. The Labute approximate surface area is 251 Å². The smallest absolute Gasteiger partial charge is 0.254 e. The van der Waals surface area contributed by atoms with Crippen molar-refractivity contribution in [2.75, 3.05) is 24.5 Å². The topological polar surface area (TPSA) is 127 Å². The predicted molar refractivity (Wildman–Crippen MR) is 159 cm³/mol. The molecule has 13 heteroatoms. The van der Waals surface area contributed by atoms with E-state index in [1.807, 2.05) is 24.3 Å². The number of nitrogens with one attached hydrogen (secondary N) is 2. The molecule has 0 saturated carbocycles. The van der Waals surface area contributed by atoms with Gasteiger partial charge < -0.3 is 10.6 Å². The van der Waals surface area contributed by atoms with Gasteiger partial charge in [0.15, 0.2) is 5.15 Å². The highest BCUT2D eigenvalue weighted by atomic mass is 35.5. The Hall–Kier alpha value is -4.06. The van der Waals surface area contributed by atoms with Crippen LogP contribution in [0, 0.1) is 0 Å². The van der Waals surface area contributed by atoms with Gasteiger partial charge >= 0.3 is 0 Å². The van der Waals surface area contributed by atoms with Gasteiger partial charge in [0.25, 0.3) is 5.56 Å². The number of amides is 2. The molecule has 2 aliphatic rings. The molecule has 0 radical (unpaired) electrons. The summed E-state index contributed by atoms with van der Waals surface area (Å²) in [5.41, 5.74) is 2.89. The third-order valence-electron chi connectivity index (χ3n) is 7.60. The van der Waals surface area contributed by atoms with Crippen LogP contribution in [-0.2, 0) is 9.59 Å². The lowest BCUT2D eigenvalue weighted by Gasteiger charge is -2.35. The third kappa shape index (κ3) is 5.67. The molecule has 2 aromatic heterocycles. The third-order valence-corrected chi connectivity index (χ3v) is 8.01. The van der Waals surface area contributed by atoms with Gasteiger partial charge in [0, 0.05) is 35.4 Å². The summed E-state index contributed by atoms with van der Waals surface area (Å²) in [7, 11) is 0. The molecule has 2 bridgehead atoms. The van der Waals surface area contributed by atoms with E-state index in [9.17, 15) is 14.4 Å². The van der Waals surface area contributed by atoms with Gasteiger partial charge in [-0.15, -0.1) is 5.10 Å². The maximum Gasteiger partial charge on any atom is 0.254 e. The zero-order valence-electron chi connectivity index (χ0n) is 22.5. The first-order chi connectivity index (χ1) is 20.4. The van der Waals surface area contributed by atoms with Gasteiger partial charge in [-0.1, -0.05) is 53.4 Å². The van der Waals surface area contributed by atoms with Crippen molar-refractivity contribution < 1.29 is 9.59 Å². The largest absolute Gasteiger partial charge is 0.354 e. The van der Waals surface area contributed by atoms with Gasteiger partial charge in [0.05, 0.1) is 36.5 Å². The number of anilines is 1. The first kappa shape index (κ1) is 28.1. The molecule has 2 N–H and O–H groups in total. The van der Waals surface area contributed by atoms with Gasteiger partial charge in [-0.05, 0) is 48.7 Å². The monoisotopic (exact) mass is 606 g/mol. The Balaban J connectivity index is 1.40. The van der Waals surface area contributed by atoms with E-state index in [1.165, 1.54) is 10.7 Å². The van der Waals surface area contributed by atoms with E-state index in [4.69, 9.17) is 23.2 Å². The van der Waals surface area contributed by atoms with E-state index in [0.717, 1.165) is 24.8 Å². The maximum absolute atomic E-state index is 13.7. The maximum atomic E-state index is 13.7. The Bertz CT molecular complexity index is 1700. The average molecular weight is 608 g/mol. The fourth-order valence-electron chi connectivity index (χ4n) is 5.58. The van der Waals surface area contributed by atoms with Crippen LogP contribution in [-0.4, -0.2) is 62.0 Å². The highest BCUT2D eigenvalue weighted by Crippen LogP contribution is 2.31. The number of carbonyl (C=O) groups is 2. The van der Waals surface area contributed by atoms with Gasteiger partial charge in [-0.2, -0.15) is 0 Å². The number of nitrogens with zero attached hydrogens (tertiary/aromatic N) is 6. The lowest BCUT2D eigenvalue weighted by Crippen LogP contribution is -2.61. The summed E-state index contributed by atoms with van der Waals surface area (Å²) in [6.45, 7) is 1.03. The fraction of sp³-hybridized carbons (Fsp3) is 0.310. The number of halogens is 2. The van der Waals surface area contributed by atoms with Crippen LogP contribution in [0.2, 0.25) is 10.2 Å². The molecule has 0 unspecified atom stereocenters. The van der Waals surface area contributed by atoms with Crippen molar-refractivity contribution in [3.05, 3.63) is 87.1 Å². The minimum absolute atomic E-state index is 0.147. The van der Waals surface area contributed by atoms with Gasteiger partial charge in [0.1, 0.15) is 6.04 Å². The second-order valence-corrected chi connectivity index (χ2v) is 11.2. The molecule has 216 valence electrons. The van der Waals surface area contributed by atoms with Crippen LogP contribution in [0.25, 0.3) is 16.9 Å². The lowest BCUT2D eigenvalue weighted by molar-refractivity contribution is -0.127. The quantitative estimate of drug-likeness (QED) is 0.366. The second-order valence-electron chi connectivity index (χ2n) is 10.3. The van der Waals surface area contributed by atoms with Crippen LogP contribution in [0.5, 0.6) is 0 Å². The SMILES string of the molecule is O=C1NCCCCC[C@H](n2cnc(-c3cc(Cl)ccc3-n3cc(Cl)nn3)cc2=O)c2cccc(c2)N2C(=O)CNC[C@H]12. The van der Waals surface area contributed by atoms with Crippen molar-refractivity contribution in [2.24, 2.45) is 0 Å². The molecule has 42 heavy (non-hydrogen) atoms. The number of piperazine rings is 1. The first-order valence-corrected chi connectivity index (χ1v) is 14.5. The molecule has 11 nitrogen and oxygen atoms in total. The van der Waals surface area contributed by atoms with E-state index in [1.54, 1.807) is 40.2 Å². The van der Waals surface area contributed by atoms with Crippen molar-refractivity contribution in [3.8, 4) is 16.9 Å². The Morgan fingerprint density at radius 1 is 0.952 bits per heavy atom. The van der Waals surface area contributed by atoms with Crippen molar-refractivity contribution in [3.63, 3.8) is 0 Å². The summed E-state index contributed by atoms with van der Waals surface area (Å²) in [6, 6.07) is 13.2. The molecule has 2 aromatic carbocycles. The molecule has 2 amide bonds. The van der Waals surface area contributed by atoms with E-state index in [0.29, 0.717) is 47.2 Å². The van der Waals surface area contributed by atoms with E-state index in [-0.39, 0.29) is 35.1 Å². The molecule has 0 spiro atoms. The number of hydrogen-bond acceptors (Lipinski definition) is 7. The first-order valence-electron chi connectivity index (χ1n) is 13.8. The molecule has 6 rings (SSSR count). The summed E-state index contributed by atoms with van der Waals surface area (Å²) < 4.78 is 3.13. The standard InChI is InChI=1S/C29H28Cl2N8O3/c30-19-8-9-24(38-16-26(31)35-36-38)21(12-19)22-13-27(40)37(17-34-22)23-7-2-1-3-10-33-29(42)25-14-32-15-28(41)39(25)20-6-4-5-18(23)11-20/h4-6,8-9,11-13,16-17,23,25,32H,1-3,7,10,14-15H2,(H,33,42)/t23-,25+/m0/s1. The number of carbonyl (C=O) groups excluding carboxylic acids is 2. The van der Waals surface area contributed by atoms with Gasteiger partial charge in [-0.25, -0.2) is 9.67 Å². The van der Waals surface area contributed by atoms with Crippen molar-refractivity contribution in [2.45, 2.75) is 37.8 Å². The fourth-order valence-corrected chi connectivity index (χ4v) is 5.88. The molecule has 2 aliphatic heterocycles. The van der Waals surface area contributed by atoms with Crippen LogP contribution in [0.4, 0.5) is 5.69 Å². The number of rotatable bonds is 3. The second kappa shape index (κ2) is 12.0. The van der Waals surface area contributed by atoms with Gasteiger partial charge in [0.2, 0.25) is 11.8 Å². The van der Waals surface area contributed by atoms with Crippen LogP contribution in [0.15, 0.2) is 65.8 Å². The minimum atomic E-state index is -0.656. The van der Waals surface area contributed by atoms with Crippen LogP contribution in [0.1, 0.15) is 37.3 Å². The highest BCUT2D eigenvalue weighted by molar-refractivity contribution is 6.31. The lowest BCUT2D eigenvalue weighted by atomic mass is 9.98. The van der Waals surface area contributed by atoms with Crippen molar-refractivity contribution in [1.29, 1.82) is 0 Å². The van der Waals surface area contributed by atoms with Crippen LogP contribution in [0.3, 0.4) is 0 Å². The van der Waals surface area contributed by atoms with E-state index in [2.05, 4.69) is 25.9 Å². The summed E-state index contributed by atoms with van der Waals surface area (Å²) in [5.74, 6) is -0.361. The normalized spacial score (nSPS) is 19.7. The van der Waals surface area contributed by atoms with Crippen molar-refractivity contribution in [1.82, 2.24) is 35.2 Å². The summed E-state index contributed by atoms with van der Waals surface area (Å²) >= 11 is 12.3. The Morgan fingerprint density at radius 3 is 2.64 bits per heavy atom. The number of fused-ring (bicyclic) bond motifs is 4. The number of hydrogen-bond donors (Lipinski definition) is 2. The average Bonchev–Trinajstić information content (AvgIpc) is 3.42. The summed E-state index contributed by atoms with van der Waals surface area (Å²) in [5, 5.41) is 14.6. The zero-order valence-corrected chi connectivity index (χ0v) is 24.1. The minimum Gasteiger partial charge on any atom is -0.354 e. The highest BCUT2D eigenvalue weighted by Gasteiger charge is 2.34. The molecular weight excluding hydrogens is 579 g/mol.